The van der Waals surface area contributed by atoms with Crippen molar-refractivity contribution in [3.63, 3.8) is 0 Å². The van der Waals surface area contributed by atoms with E-state index in [0.29, 0.717) is 11.0 Å². The maximum Gasteiger partial charge on any atom is 0.296 e. The van der Waals surface area contributed by atoms with E-state index in [1.54, 1.807) is 24.3 Å². The molecule has 0 aliphatic rings. The Kier molecular flexibility index (Phi) is 7.69. The van der Waals surface area contributed by atoms with Crippen LogP contribution in [0.25, 0.3) is 0 Å². The Labute approximate surface area is 140 Å². The monoisotopic (exact) mass is 339 g/mol. The van der Waals surface area contributed by atoms with Crippen LogP contribution in [0.5, 0.6) is 0 Å². The summed E-state index contributed by atoms with van der Waals surface area (Å²) in [6.45, 7) is 3.59. The minimum Gasteiger partial charge on any atom is -0.317 e. The molecule has 1 aromatic rings. The number of hydrogen-bond acceptors (Lipinski definition) is 4. The van der Waals surface area contributed by atoms with Gasteiger partial charge in [0.05, 0.1) is 32.1 Å². The lowest BCUT2D eigenvalue weighted by molar-refractivity contribution is -0.883. The predicted octanol–water partition coefficient (Wildman–Crippen LogP) is 2.86. The van der Waals surface area contributed by atoms with Crippen LogP contribution in [0, 0.1) is 18.3 Å². The quantitative estimate of drug-likeness (QED) is 0.284. The zero-order chi connectivity index (χ0) is 17.3. The normalized spacial score (nSPS) is 12.1. The first-order valence-corrected chi connectivity index (χ1v) is 9.33. The number of unbranched alkanes of at least 4 members (excludes halogenated alkanes) is 3. The van der Waals surface area contributed by atoms with Crippen molar-refractivity contribution in [3.05, 3.63) is 29.8 Å². The summed E-state index contributed by atoms with van der Waals surface area (Å²) in [4.78, 5) is 0.207. The Bertz CT molecular complexity index is 616. The van der Waals surface area contributed by atoms with E-state index in [9.17, 15) is 8.42 Å². The Hall–Kier alpha value is -1.42. The maximum atomic E-state index is 12.0. The van der Waals surface area contributed by atoms with Crippen molar-refractivity contribution in [3.8, 4) is 6.07 Å². The van der Waals surface area contributed by atoms with Gasteiger partial charge in [0.2, 0.25) is 0 Å². The third kappa shape index (κ3) is 7.60. The van der Waals surface area contributed by atoms with E-state index in [1.807, 2.05) is 21.0 Å². The highest BCUT2D eigenvalue weighted by atomic mass is 32.2. The number of hydrogen-bond donors (Lipinski definition) is 0. The lowest BCUT2D eigenvalue weighted by Crippen LogP contribution is -2.40. The van der Waals surface area contributed by atoms with Crippen LogP contribution in [0.15, 0.2) is 29.2 Å². The Balaban J connectivity index is 2.22. The molecule has 0 spiro atoms. The number of rotatable bonds is 10. The average Bonchev–Trinajstić information content (AvgIpc) is 2.46. The number of quaternary nitrogens is 1. The zero-order valence-corrected chi connectivity index (χ0v) is 15.1. The molecule has 0 N–H and O–H groups in total. The minimum atomic E-state index is -3.64. The highest BCUT2D eigenvalue weighted by Gasteiger charge is 2.15. The summed E-state index contributed by atoms with van der Waals surface area (Å²) < 4.78 is 29.7. The third-order valence-electron chi connectivity index (χ3n) is 3.70. The number of aryl methyl sites for hydroxylation is 1. The van der Waals surface area contributed by atoms with Gasteiger partial charge in [-0.25, -0.2) is 0 Å². The van der Waals surface area contributed by atoms with E-state index >= 15 is 0 Å². The summed E-state index contributed by atoms with van der Waals surface area (Å²) in [7, 11) is 0.445. The molecule has 0 aliphatic heterocycles. The summed E-state index contributed by atoms with van der Waals surface area (Å²) in [6, 6.07) is 8.85. The van der Waals surface area contributed by atoms with Crippen molar-refractivity contribution >= 4 is 10.1 Å². The van der Waals surface area contributed by atoms with Gasteiger partial charge < -0.3 is 4.48 Å². The number of nitrogens with zero attached hydrogens (tertiary/aromatic N) is 2. The Morgan fingerprint density at radius 2 is 1.70 bits per heavy atom. The van der Waals surface area contributed by atoms with E-state index in [4.69, 9.17) is 9.44 Å². The molecule has 0 aromatic heterocycles. The highest BCUT2D eigenvalue weighted by Crippen LogP contribution is 2.14. The van der Waals surface area contributed by atoms with E-state index in [1.165, 1.54) is 0 Å². The van der Waals surface area contributed by atoms with Crippen LogP contribution in [-0.4, -0.2) is 46.7 Å². The Morgan fingerprint density at radius 1 is 1.09 bits per heavy atom. The maximum absolute atomic E-state index is 12.0. The summed E-state index contributed by atoms with van der Waals surface area (Å²) in [6.07, 6.45) is 3.69. The molecule has 6 heteroatoms. The summed E-state index contributed by atoms with van der Waals surface area (Å²) >= 11 is 0. The van der Waals surface area contributed by atoms with E-state index < -0.39 is 10.1 Å². The highest BCUT2D eigenvalue weighted by molar-refractivity contribution is 7.86. The van der Waals surface area contributed by atoms with Gasteiger partial charge in [-0.2, -0.15) is 13.7 Å². The first kappa shape index (κ1) is 19.6. The molecule has 1 rings (SSSR count). The van der Waals surface area contributed by atoms with Gasteiger partial charge in [0.25, 0.3) is 10.1 Å². The van der Waals surface area contributed by atoms with Gasteiger partial charge in [-0.3, -0.25) is 4.18 Å². The number of nitriles is 1. The molecule has 1 aromatic carbocycles. The fourth-order valence-corrected chi connectivity index (χ4v) is 3.15. The van der Waals surface area contributed by atoms with Gasteiger partial charge in [0.15, 0.2) is 6.54 Å². The summed E-state index contributed by atoms with van der Waals surface area (Å²) in [5.41, 5.74) is 1.02. The van der Waals surface area contributed by atoms with Crippen LogP contribution in [-0.2, 0) is 14.3 Å². The van der Waals surface area contributed by atoms with Gasteiger partial charge >= 0.3 is 0 Å². The topological polar surface area (TPSA) is 67.2 Å². The van der Waals surface area contributed by atoms with Crippen LogP contribution >= 0.6 is 0 Å². The van der Waals surface area contributed by atoms with Crippen molar-refractivity contribution in [1.29, 1.82) is 5.26 Å². The van der Waals surface area contributed by atoms with E-state index in [0.717, 1.165) is 37.8 Å². The number of benzene rings is 1. The molecular weight excluding hydrogens is 312 g/mol. The molecule has 0 aliphatic carbocycles. The molecule has 0 bridgehead atoms. The van der Waals surface area contributed by atoms with Crippen molar-refractivity contribution in [2.24, 2.45) is 0 Å². The SMILES string of the molecule is Cc1ccc(S(=O)(=O)OCCCCCC[N+](C)(C)CC#N)cc1. The second-order valence-electron chi connectivity index (χ2n) is 6.48. The molecule has 0 fully saturated rings. The van der Waals surface area contributed by atoms with Crippen LogP contribution in [0.3, 0.4) is 0 Å². The molecule has 0 radical (unpaired) electrons. The van der Waals surface area contributed by atoms with Crippen LogP contribution < -0.4 is 0 Å². The first-order chi connectivity index (χ1) is 10.8. The van der Waals surface area contributed by atoms with Gasteiger partial charge in [0.1, 0.15) is 6.07 Å². The van der Waals surface area contributed by atoms with Crippen LogP contribution in [0.2, 0.25) is 0 Å². The van der Waals surface area contributed by atoms with E-state index in [-0.39, 0.29) is 11.5 Å². The van der Waals surface area contributed by atoms with Crippen molar-refractivity contribution in [1.82, 2.24) is 0 Å². The van der Waals surface area contributed by atoms with Crippen molar-refractivity contribution in [2.75, 3.05) is 33.8 Å². The second-order valence-corrected chi connectivity index (χ2v) is 8.09. The summed E-state index contributed by atoms with van der Waals surface area (Å²) in [5, 5.41) is 8.72. The molecule has 0 heterocycles. The van der Waals surface area contributed by atoms with Gasteiger partial charge in [-0.15, -0.1) is 0 Å². The third-order valence-corrected chi connectivity index (χ3v) is 5.03. The minimum absolute atomic E-state index is 0.207. The van der Waals surface area contributed by atoms with Crippen molar-refractivity contribution < 1.29 is 17.1 Å². The lowest BCUT2D eigenvalue weighted by Gasteiger charge is -2.26. The molecule has 128 valence electrons. The molecule has 0 amide bonds. The molecular formula is C17H27N2O3S+. The standard InChI is InChI=1S/C17H27N2O3S/c1-16-8-10-17(11-9-16)23(20,21)22-15-7-5-4-6-13-19(2,3)14-12-18/h8-11H,4-7,13-15H2,1-3H3/q+1. The lowest BCUT2D eigenvalue weighted by atomic mass is 10.2. The fourth-order valence-electron chi connectivity index (χ4n) is 2.21. The predicted molar refractivity (Wildman–Crippen MR) is 90.2 cm³/mol. The van der Waals surface area contributed by atoms with Crippen LogP contribution in [0.1, 0.15) is 31.2 Å². The molecule has 0 atom stereocenters. The van der Waals surface area contributed by atoms with Gasteiger partial charge in [0, 0.05) is 0 Å². The Morgan fingerprint density at radius 3 is 2.30 bits per heavy atom. The molecule has 0 saturated heterocycles. The van der Waals surface area contributed by atoms with Gasteiger partial charge in [-0.05, 0) is 38.3 Å². The molecule has 23 heavy (non-hydrogen) atoms. The molecule has 0 saturated carbocycles. The first-order valence-electron chi connectivity index (χ1n) is 7.92. The zero-order valence-electron chi connectivity index (χ0n) is 14.3. The molecule has 5 nitrogen and oxygen atoms in total. The second kappa shape index (κ2) is 9.02. The van der Waals surface area contributed by atoms with Crippen molar-refractivity contribution in [2.45, 2.75) is 37.5 Å². The summed E-state index contributed by atoms with van der Waals surface area (Å²) in [5.74, 6) is 0. The fraction of sp³-hybridized carbons (Fsp3) is 0.588. The molecule has 0 unspecified atom stereocenters. The smallest absolute Gasteiger partial charge is 0.296 e. The van der Waals surface area contributed by atoms with Gasteiger partial charge in [-0.1, -0.05) is 24.1 Å². The van der Waals surface area contributed by atoms with Crippen LogP contribution in [0.4, 0.5) is 0 Å². The average molecular weight is 339 g/mol. The van der Waals surface area contributed by atoms with E-state index in [2.05, 4.69) is 6.07 Å². The largest absolute Gasteiger partial charge is 0.317 e.